The molecule has 1 aliphatic rings. The highest BCUT2D eigenvalue weighted by Gasteiger charge is 2.35. The van der Waals surface area contributed by atoms with Gasteiger partial charge in [0.2, 0.25) is 0 Å². The van der Waals surface area contributed by atoms with Gasteiger partial charge >= 0.3 is 0 Å². The number of halogens is 1. The van der Waals surface area contributed by atoms with Crippen LogP contribution in [0.4, 0.5) is 0 Å². The van der Waals surface area contributed by atoms with Crippen molar-refractivity contribution in [2.24, 2.45) is 5.41 Å². The summed E-state index contributed by atoms with van der Waals surface area (Å²) in [7, 11) is 1.55. The predicted octanol–water partition coefficient (Wildman–Crippen LogP) is 2.97. The molecule has 1 fully saturated rings. The van der Waals surface area contributed by atoms with Gasteiger partial charge in [-0.3, -0.25) is 4.79 Å². The maximum atomic E-state index is 12.7. The van der Waals surface area contributed by atoms with E-state index in [0.29, 0.717) is 22.9 Å². The molecular weight excluding hydrogens is 290 g/mol. The standard InChI is InChI=1S/C16H22ClNO3/c1-3-16(11-19)5-4-6-18(10-16)15(20)12-7-13(17)9-14(8-12)21-2/h7-9,19H,3-6,10-11H2,1-2H3/t16-/m1/s1. The molecule has 1 aromatic carbocycles. The number of piperidine rings is 1. The highest BCUT2D eigenvalue weighted by atomic mass is 35.5. The Balaban J connectivity index is 2.21. The summed E-state index contributed by atoms with van der Waals surface area (Å²) in [5.74, 6) is 0.522. The van der Waals surface area contributed by atoms with Crippen molar-refractivity contribution >= 4 is 17.5 Å². The van der Waals surface area contributed by atoms with Gasteiger partial charge < -0.3 is 14.7 Å². The first kappa shape index (κ1) is 16.1. The average molecular weight is 312 g/mol. The molecule has 1 heterocycles. The molecule has 0 bridgehead atoms. The van der Waals surface area contributed by atoms with Crippen LogP contribution in [0.5, 0.6) is 5.75 Å². The summed E-state index contributed by atoms with van der Waals surface area (Å²) < 4.78 is 5.16. The highest BCUT2D eigenvalue weighted by Crippen LogP contribution is 2.33. The number of ether oxygens (including phenoxy) is 1. The van der Waals surface area contributed by atoms with Crippen LogP contribution in [-0.4, -0.2) is 42.7 Å². The summed E-state index contributed by atoms with van der Waals surface area (Å²) in [4.78, 5) is 14.5. The Hall–Kier alpha value is -1.26. The van der Waals surface area contributed by atoms with Crippen molar-refractivity contribution in [1.82, 2.24) is 4.90 Å². The number of rotatable bonds is 4. The fraction of sp³-hybridized carbons (Fsp3) is 0.562. The summed E-state index contributed by atoms with van der Waals surface area (Å²) in [6.45, 7) is 3.49. The fourth-order valence-electron chi connectivity index (χ4n) is 2.90. The molecule has 0 spiro atoms. The first-order valence-electron chi connectivity index (χ1n) is 7.28. The predicted molar refractivity (Wildman–Crippen MR) is 83.0 cm³/mol. The molecule has 116 valence electrons. The number of nitrogens with zero attached hydrogens (tertiary/aromatic N) is 1. The van der Waals surface area contributed by atoms with E-state index in [9.17, 15) is 9.90 Å². The Morgan fingerprint density at radius 1 is 1.48 bits per heavy atom. The number of aliphatic hydroxyl groups excluding tert-OH is 1. The number of amides is 1. The molecule has 1 saturated heterocycles. The van der Waals surface area contributed by atoms with E-state index >= 15 is 0 Å². The van der Waals surface area contributed by atoms with Crippen LogP contribution in [-0.2, 0) is 0 Å². The van der Waals surface area contributed by atoms with E-state index in [1.165, 1.54) is 0 Å². The van der Waals surface area contributed by atoms with Gasteiger partial charge in [-0.25, -0.2) is 0 Å². The maximum absolute atomic E-state index is 12.7. The summed E-state index contributed by atoms with van der Waals surface area (Å²) in [5, 5.41) is 10.1. The SMILES string of the molecule is CC[C@@]1(CO)CCCN(C(=O)c2cc(Cl)cc(OC)c2)C1. The van der Waals surface area contributed by atoms with Crippen molar-refractivity contribution in [3.8, 4) is 5.75 Å². The zero-order chi connectivity index (χ0) is 15.5. The number of carbonyl (C=O) groups is 1. The molecule has 0 aromatic heterocycles. The Labute approximate surface area is 130 Å². The topological polar surface area (TPSA) is 49.8 Å². The number of hydrogen-bond donors (Lipinski definition) is 1. The van der Waals surface area contributed by atoms with E-state index in [1.807, 2.05) is 4.90 Å². The molecule has 2 rings (SSSR count). The van der Waals surface area contributed by atoms with Gasteiger partial charge in [-0.2, -0.15) is 0 Å². The fourth-order valence-corrected chi connectivity index (χ4v) is 3.12. The van der Waals surface area contributed by atoms with Crippen molar-refractivity contribution in [3.05, 3.63) is 28.8 Å². The number of methoxy groups -OCH3 is 1. The van der Waals surface area contributed by atoms with Crippen molar-refractivity contribution in [2.75, 3.05) is 26.8 Å². The van der Waals surface area contributed by atoms with Crippen molar-refractivity contribution in [1.29, 1.82) is 0 Å². The second-order valence-corrected chi connectivity index (χ2v) is 6.16. The molecule has 1 amide bonds. The van der Waals surface area contributed by atoms with E-state index in [4.69, 9.17) is 16.3 Å². The van der Waals surface area contributed by atoms with E-state index in [2.05, 4.69) is 6.92 Å². The van der Waals surface area contributed by atoms with Crippen LogP contribution >= 0.6 is 11.6 Å². The lowest BCUT2D eigenvalue weighted by molar-refractivity contribution is 0.0251. The highest BCUT2D eigenvalue weighted by molar-refractivity contribution is 6.31. The third-order valence-corrected chi connectivity index (χ3v) is 4.61. The van der Waals surface area contributed by atoms with Gasteiger partial charge in [0.15, 0.2) is 0 Å². The van der Waals surface area contributed by atoms with Gasteiger partial charge in [0, 0.05) is 29.1 Å². The molecule has 0 saturated carbocycles. The van der Waals surface area contributed by atoms with Gasteiger partial charge in [-0.05, 0) is 37.5 Å². The Kier molecular flexibility index (Phi) is 5.12. The zero-order valence-corrected chi connectivity index (χ0v) is 13.3. The van der Waals surface area contributed by atoms with Crippen molar-refractivity contribution in [2.45, 2.75) is 26.2 Å². The molecule has 0 aliphatic carbocycles. The number of likely N-dealkylation sites (tertiary alicyclic amines) is 1. The molecular formula is C16H22ClNO3. The van der Waals surface area contributed by atoms with Gasteiger partial charge in [0.1, 0.15) is 5.75 Å². The van der Waals surface area contributed by atoms with Gasteiger partial charge in [-0.15, -0.1) is 0 Å². The monoisotopic (exact) mass is 311 g/mol. The third kappa shape index (κ3) is 3.50. The first-order valence-corrected chi connectivity index (χ1v) is 7.66. The lowest BCUT2D eigenvalue weighted by atomic mass is 9.78. The Bertz CT molecular complexity index is 514. The van der Waals surface area contributed by atoms with Crippen LogP contribution in [0.25, 0.3) is 0 Å². The molecule has 1 aromatic rings. The van der Waals surface area contributed by atoms with Gasteiger partial charge in [0.05, 0.1) is 13.7 Å². The minimum absolute atomic E-state index is 0.0539. The number of hydrogen-bond acceptors (Lipinski definition) is 3. The largest absolute Gasteiger partial charge is 0.497 e. The normalized spacial score (nSPS) is 22.2. The van der Waals surface area contributed by atoms with Crippen LogP contribution in [0.2, 0.25) is 5.02 Å². The first-order chi connectivity index (χ1) is 10.0. The third-order valence-electron chi connectivity index (χ3n) is 4.39. The Morgan fingerprint density at radius 3 is 2.86 bits per heavy atom. The second kappa shape index (κ2) is 6.67. The minimum Gasteiger partial charge on any atom is -0.497 e. The van der Waals surface area contributed by atoms with Gasteiger partial charge in [-0.1, -0.05) is 18.5 Å². The van der Waals surface area contributed by atoms with Crippen LogP contribution in [0, 0.1) is 5.41 Å². The summed E-state index contributed by atoms with van der Waals surface area (Å²) in [5.41, 5.74) is 0.362. The quantitative estimate of drug-likeness (QED) is 0.930. The summed E-state index contributed by atoms with van der Waals surface area (Å²) >= 11 is 6.03. The van der Waals surface area contributed by atoms with E-state index in [0.717, 1.165) is 25.8 Å². The van der Waals surface area contributed by atoms with Crippen molar-refractivity contribution in [3.63, 3.8) is 0 Å². The van der Waals surface area contributed by atoms with Gasteiger partial charge in [0.25, 0.3) is 5.91 Å². The van der Waals surface area contributed by atoms with E-state index in [1.54, 1.807) is 25.3 Å². The zero-order valence-electron chi connectivity index (χ0n) is 12.6. The summed E-state index contributed by atoms with van der Waals surface area (Å²) in [6.07, 6.45) is 2.74. The number of benzene rings is 1. The smallest absolute Gasteiger partial charge is 0.254 e. The molecule has 1 N–H and O–H groups in total. The lowest BCUT2D eigenvalue weighted by Gasteiger charge is -2.41. The maximum Gasteiger partial charge on any atom is 0.254 e. The second-order valence-electron chi connectivity index (χ2n) is 5.72. The number of aliphatic hydroxyl groups is 1. The van der Waals surface area contributed by atoms with Crippen LogP contribution in [0.3, 0.4) is 0 Å². The van der Waals surface area contributed by atoms with E-state index < -0.39 is 0 Å². The molecule has 0 unspecified atom stereocenters. The minimum atomic E-state index is -0.170. The molecule has 1 aliphatic heterocycles. The molecule has 0 radical (unpaired) electrons. The van der Waals surface area contributed by atoms with Crippen LogP contribution < -0.4 is 4.74 Å². The molecule has 21 heavy (non-hydrogen) atoms. The van der Waals surface area contributed by atoms with Crippen molar-refractivity contribution < 1.29 is 14.6 Å². The molecule has 1 atom stereocenters. The van der Waals surface area contributed by atoms with Crippen LogP contribution in [0.1, 0.15) is 36.5 Å². The molecule has 5 heteroatoms. The average Bonchev–Trinajstić information content (AvgIpc) is 2.53. The molecule has 4 nitrogen and oxygen atoms in total. The Morgan fingerprint density at radius 2 is 2.24 bits per heavy atom. The lowest BCUT2D eigenvalue weighted by Crippen LogP contribution is -2.47. The van der Waals surface area contributed by atoms with Crippen LogP contribution in [0.15, 0.2) is 18.2 Å². The summed E-state index contributed by atoms with van der Waals surface area (Å²) in [6, 6.07) is 5.04. The number of carbonyl (C=O) groups excluding carboxylic acids is 1. The van der Waals surface area contributed by atoms with E-state index in [-0.39, 0.29) is 17.9 Å².